The van der Waals surface area contributed by atoms with Gasteiger partial charge in [0.25, 0.3) is 0 Å². The highest BCUT2D eigenvalue weighted by Gasteiger charge is 2.18. The Balaban J connectivity index is 3.93. The van der Waals surface area contributed by atoms with Crippen LogP contribution in [0.25, 0.3) is 0 Å². The van der Waals surface area contributed by atoms with Crippen LogP contribution in [0.15, 0.2) is 0 Å². The van der Waals surface area contributed by atoms with Gasteiger partial charge in [0.15, 0.2) is 0 Å². The lowest BCUT2D eigenvalue weighted by molar-refractivity contribution is -0.138. The van der Waals surface area contributed by atoms with Crippen LogP contribution in [0.1, 0.15) is 90.9 Å². The molecule has 0 aliphatic heterocycles. The summed E-state index contributed by atoms with van der Waals surface area (Å²) in [5.74, 6) is -0.945. The van der Waals surface area contributed by atoms with Gasteiger partial charge in [0.05, 0.1) is 18.8 Å². The summed E-state index contributed by atoms with van der Waals surface area (Å²) in [5.41, 5.74) is 0. The van der Waals surface area contributed by atoms with E-state index in [2.05, 4.69) is 24.5 Å². The van der Waals surface area contributed by atoms with Gasteiger partial charge in [-0.15, -0.1) is 0 Å². The normalized spacial score (nSPS) is 13.6. The third kappa shape index (κ3) is 22.3. The van der Waals surface area contributed by atoms with Crippen LogP contribution < -0.4 is 10.6 Å². The number of hydrogen-bond acceptors (Lipinski definition) is 6. The molecule has 0 heterocycles. The Hall–Kier alpha value is -0.730. The molecule has 0 amide bonds. The largest absolute Gasteiger partial charge is 0.480 e. The van der Waals surface area contributed by atoms with Crippen LogP contribution >= 0.6 is 0 Å². The maximum Gasteiger partial charge on any atom is 0.317 e. The molecular formula is C24H51N3O4. The molecule has 0 aliphatic rings. The fraction of sp³-hybridized carbons (Fsp3) is 0.958. The van der Waals surface area contributed by atoms with Crippen LogP contribution in [-0.2, 0) is 4.79 Å². The minimum absolute atomic E-state index is 0.178. The highest BCUT2D eigenvalue weighted by atomic mass is 16.4. The van der Waals surface area contributed by atoms with E-state index in [9.17, 15) is 15.0 Å². The molecule has 7 nitrogen and oxygen atoms in total. The number of aliphatic carboxylic acids is 1. The summed E-state index contributed by atoms with van der Waals surface area (Å²) in [6.45, 7) is 7.35. The highest BCUT2D eigenvalue weighted by molar-refractivity contribution is 5.69. The van der Waals surface area contributed by atoms with Crippen molar-refractivity contribution in [2.75, 3.05) is 45.8 Å². The van der Waals surface area contributed by atoms with Crippen molar-refractivity contribution in [2.45, 2.75) is 103 Å². The van der Waals surface area contributed by atoms with Gasteiger partial charge in [-0.2, -0.15) is 0 Å². The predicted molar refractivity (Wildman–Crippen MR) is 129 cm³/mol. The van der Waals surface area contributed by atoms with E-state index in [-0.39, 0.29) is 19.6 Å². The molecule has 0 radical (unpaired) electrons. The van der Waals surface area contributed by atoms with Crippen LogP contribution in [-0.4, -0.2) is 84.2 Å². The number of hydrogen-bond donors (Lipinski definition) is 5. The average molecular weight is 446 g/mol. The summed E-state index contributed by atoms with van der Waals surface area (Å²) in [7, 11) is 0. The first-order valence-electron chi connectivity index (χ1n) is 12.7. The van der Waals surface area contributed by atoms with Gasteiger partial charge in [-0.25, -0.2) is 0 Å². The molecule has 0 aliphatic carbocycles. The zero-order chi connectivity index (χ0) is 23.2. The van der Waals surface area contributed by atoms with Crippen molar-refractivity contribution in [3.8, 4) is 0 Å². The van der Waals surface area contributed by atoms with E-state index in [1.807, 2.05) is 0 Å². The molecule has 186 valence electrons. The number of nitrogens with zero attached hydrogens (tertiary/aromatic N) is 1. The quantitative estimate of drug-likeness (QED) is 0.145. The second kappa shape index (κ2) is 22.5. The second-order valence-corrected chi connectivity index (χ2v) is 8.84. The van der Waals surface area contributed by atoms with Gasteiger partial charge < -0.3 is 26.0 Å². The van der Waals surface area contributed by atoms with E-state index in [0.29, 0.717) is 13.1 Å². The molecule has 0 bridgehead atoms. The molecule has 0 saturated carbocycles. The molecule has 31 heavy (non-hydrogen) atoms. The summed E-state index contributed by atoms with van der Waals surface area (Å²) in [4.78, 5) is 12.8. The summed E-state index contributed by atoms with van der Waals surface area (Å²) in [5, 5.41) is 36.2. The molecule has 2 unspecified atom stereocenters. The fourth-order valence-electron chi connectivity index (χ4n) is 3.72. The Kier molecular flexibility index (Phi) is 21.9. The number of carboxylic acids is 1. The first-order valence-corrected chi connectivity index (χ1v) is 12.7. The third-order valence-corrected chi connectivity index (χ3v) is 5.47. The fourth-order valence-corrected chi connectivity index (χ4v) is 3.72. The van der Waals surface area contributed by atoms with Crippen LogP contribution in [0.2, 0.25) is 0 Å². The van der Waals surface area contributed by atoms with E-state index in [1.165, 1.54) is 64.2 Å². The number of nitrogens with one attached hydrogen (secondary N) is 2. The minimum Gasteiger partial charge on any atom is -0.480 e. The molecule has 0 fully saturated rings. The lowest BCUT2D eigenvalue weighted by Gasteiger charge is -2.26. The van der Waals surface area contributed by atoms with Gasteiger partial charge in [-0.05, 0) is 25.9 Å². The number of aliphatic hydroxyl groups is 2. The van der Waals surface area contributed by atoms with E-state index >= 15 is 0 Å². The summed E-state index contributed by atoms with van der Waals surface area (Å²) < 4.78 is 0. The molecule has 0 rings (SSSR count). The van der Waals surface area contributed by atoms with Crippen molar-refractivity contribution >= 4 is 5.97 Å². The first kappa shape index (κ1) is 30.3. The Bertz CT molecular complexity index is 371. The lowest BCUT2D eigenvalue weighted by atomic mass is 10.1. The number of carboxylic acid groups (broad SMARTS) is 1. The smallest absolute Gasteiger partial charge is 0.317 e. The maximum absolute atomic E-state index is 11.2. The minimum atomic E-state index is -0.945. The van der Waals surface area contributed by atoms with Crippen LogP contribution in [0, 0.1) is 0 Å². The molecule has 7 heteroatoms. The van der Waals surface area contributed by atoms with E-state index in [1.54, 1.807) is 4.90 Å². The highest BCUT2D eigenvalue weighted by Crippen LogP contribution is 2.05. The van der Waals surface area contributed by atoms with Crippen LogP contribution in [0.3, 0.4) is 0 Å². The monoisotopic (exact) mass is 445 g/mol. The Labute approximate surface area is 191 Å². The topological polar surface area (TPSA) is 105 Å². The van der Waals surface area contributed by atoms with Crippen molar-refractivity contribution in [1.29, 1.82) is 0 Å². The zero-order valence-corrected chi connectivity index (χ0v) is 20.3. The molecule has 0 saturated heterocycles. The van der Waals surface area contributed by atoms with Gasteiger partial charge in [0, 0.05) is 26.2 Å². The second-order valence-electron chi connectivity index (χ2n) is 8.84. The maximum atomic E-state index is 11.2. The van der Waals surface area contributed by atoms with Crippen molar-refractivity contribution in [3.05, 3.63) is 0 Å². The summed E-state index contributed by atoms with van der Waals surface area (Å²) >= 11 is 0. The third-order valence-electron chi connectivity index (χ3n) is 5.47. The zero-order valence-electron chi connectivity index (χ0n) is 20.3. The van der Waals surface area contributed by atoms with Crippen LogP contribution in [0.5, 0.6) is 0 Å². The van der Waals surface area contributed by atoms with E-state index in [0.717, 1.165) is 25.9 Å². The number of carbonyl (C=O) groups is 1. The Morgan fingerprint density at radius 1 is 0.710 bits per heavy atom. The average Bonchev–Trinajstić information content (AvgIpc) is 2.71. The Morgan fingerprint density at radius 3 is 1.48 bits per heavy atom. The van der Waals surface area contributed by atoms with Gasteiger partial charge in [0.1, 0.15) is 0 Å². The lowest BCUT2D eigenvalue weighted by Crippen LogP contribution is -2.45. The Morgan fingerprint density at radius 2 is 1.10 bits per heavy atom. The van der Waals surface area contributed by atoms with Crippen molar-refractivity contribution in [3.63, 3.8) is 0 Å². The number of unbranched alkanes of at least 4 members (excludes halogenated alkanes) is 10. The van der Waals surface area contributed by atoms with Gasteiger partial charge in [-0.1, -0.05) is 78.1 Å². The SMILES string of the molecule is CCCCCCCCNCC(O)CN(CC(=O)O)CC(O)CNCCCCCCCC. The van der Waals surface area contributed by atoms with Crippen molar-refractivity contribution in [2.24, 2.45) is 0 Å². The molecule has 5 N–H and O–H groups in total. The van der Waals surface area contributed by atoms with E-state index in [4.69, 9.17) is 5.11 Å². The van der Waals surface area contributed by atoms with Crippen LogP contribution in [0.4, 0.5) is 0 Å². The molecular weight excluding hydrogens is 394 g/mol. The van der Waals surface area contributed by atoms with E-state index < -0.39 is 18.2 Å². The van der Waals surface area contributed by atoms with Gasteiger partial charge >= 0.3 is 5.97 Å². The molecule has 2 atom stereocenters. The molecule has 0 aromatic carbocycles. The first-order chi connectivity index (χ1) is 15.0. The molecule has 0 aromatic heterocycles. The number of aliphatic hydroxyl groups excluding tert-OH is 2. The summed E-state index contributed by atoms with van der Waals surface area (Å²) in [6.07, 6.45) is 13.5. The van der Waals surface area contributed by atoms with Crippen molar-refractivity contribution in [1.82, 2.24) is 15.5 Å². The number of rotatable bonds is 24. The van der Waals surface area contributed by atoms with Gasteiger partial charge in [-0.3, -0.25) is 9.69 Å². The molecule has 0 spiro atoms. The predicted octanol–water partition coefficient (Wildman–Crippen LogP) is 3.00. The van der Waals surface area contributed by atoms with Crippen molar-refractivity contribution < 1.29 is 20.1 Å². The standard InChI is InChI=1S/C24H51N3O4/c1-3-5-7-9-11-13-15-25-17-22(28)19-27(21-24(30)31)20-23(29)18-26-16-14-12-10-8-6-4-2/h22-23,25-26,28-29H,3-21H2,1-2H3,(H,30,31). The summed E-state index contributed by atoms with van der Waals surface area (Å²) in [6, 6.07) is 0. The van der Waals surface area contributed by atoms with Gasteiger partial charge in [0.2, 0.25) is 0 Å². The molecule has 0 aromatic rings.